The molecule has 0 amide bonds. The molecule has 0 radical (unpaired) electrons. The summed E-state index contributed by atoms with van der Waals surface area (Å²) >= 11 is 3.53. The quantitative estimate of drug-likeness (QED) is 0.842. The van der Waals surface area contributed by atoms with Gasteiger partial charge in [-0.05, 0) is 37.5 Å². The fourth-order valence-corrected chi connectivity index (χ4v) is 3.38. The molecule has 1 unspecified atom stereocenters. The van der Waals surface area contributed by atoms with E-state index in [0.29, 0.717) is 6.61 Å². The molecular formula is C16H24BrNO. The van der Waals surface area contributed by atoms with Crippen LogP contribution in [-0.4, -0.2) is 6.61 Å². The minimum Gasteiger partial charge on any atom is -0.494 e. The van der Waals surface area contributed by atoms with Crippen LogP contribution in [0.3, 0.4) is 0 Å². The predicted octanol–water partition coefficient (Wildman–Crippen LogP) is 4.82. The Bertz CT molecular complexity index is 402. The highest BCUT2D eigenvalue weighted by molar-refractivity contribution is 9.10. The maximum atomic E-state index is 6.42. The predicted molar refractivity (Wildman–Crippen MR) is 83.4 cm³/mol. The number of benzene rings is 1. The summed E-state index contributed by atoms with van der Waals surface area (Å²) in [6.45, 7) is 2.70. The van der Waals surface area contributed by atoms with Gasteiger partial charge in [0.2, 0.25) is 0 Å². The summed E-state index contributed by atoms with van der Waals surface area (Å²) in [5.41, 5.74) is 7.57. The van der Waals surface area contributed by atoms with Gasteiger partial charge in [0.25, 0.3) is 0 Å². The first kappa shape index (κ1) is 14.9. The summed E-state index contributed by atoms with van der Waals surface area (Å²) in [6, 6.07) is 6.23. The van der Waals surface area contributed by atoms with Gasteiger partial charge >= 0.3 is 0 Å². The fraction of sp³-hybridized carbons (Fsp3) is 0.625. The third kappa shape index (κ3) is 4.22. The van der Waals surface area contributed by atoms with Crippen LogP contribution in [0, 0.1) is 5.92 Å². The summed E-state index contributed by atoms with van der Waals surface area (Å²) in [4.78, 5) is 0. The van der Waals surface area contributed by atoms with E-state index in [1.165, 1.54) is 32.1 Å². The second kappa shape index (κ2) is 7.30. The van der Waals surface area contributed by atoms with Crippen molar-refractivity contribution in [2.45, 2.75) is 51.5 Å². The van der Waals surface area contributed by atoms with Gasteiger partial charge < -0.3 is 10.5 Å². The van der Waals surface area contributed by atoms with E-state index in [9.17, 15) is 0 Å². The van der Waals surface area contributed by atoms with Crippen LogP contribution >= 0.6 is 15.9 Å². The van der Waals surface area contributed by atoms with Crippen LogP contribution in [0.15, 0.2) is 22.7 Å². The van der Waals surface area contributed by atoms with Crippen molar-refractivity contribution >= 4 is 15.9 Å². The van der Waals surface area contributed by atoms with Gasteiger partial charge in [-0.1, -0.05) is 48.0 Å². The minimum atomic E-state index is 0.0853. The molecular weight excluding hydrogens is 302 g/mol. The Morgan fingerprint density at radius 3 is 2.74 bits per heavy atom. The lowest BCUT2D eigenvalue weighted by molar-refractivity contribution is 0.307. The number of hydrogen-bond acceptors (Lipinski definition) is 2. The normalized spacial score (nSPS) is 18.3. The lowest BCUT2D eigenvalue weighted by atomic mass is 9.83. The Hall–Kier alpha value is -0.540. The highest BCUT2D eigenvalue weighted by Crippen LogP contribution is 2.35. The molecule has 19 heavy (non-hydrogen) atoms. The maximum Gasteiger partial charge on any atom is 0.124 e. The van der Waals surface area contributed by atoms with Gasteiger partial charge in [-0.2, -0.15) is 0 Å². The molecule has 106 valence electrons. The van der Waals surface area contributed by atoms with Crippen molar-refractivity contribution in [3.8, 4) is 5.75 Å². The van der Waals surface area contributed by atoms with E-state index in [4.69, 9.17) is 10.5 Å². The van der Waals surface area contributed by atoms with E-state index in [-0.39, 0.29) is 6.04 Å². The number of nitrogens with two attached hydrogens (primary N) is 1. The molecule has 2 rings (SSSR count). The van der Waals surface area contributed by atoms with Crippen molar-refractivity contribution in [1.29, 1.82) is 0 Å². The van der Waals surface area contributed by atoms with E-state index in [1.54, 1.807) is 0 Å². The van der Waals surface area contributed by atoms with Gasteiger partial charge in [0, 0.05) is 16.1 Å². The smallest absolute Gasteiger partial charge is 0.124 e. The molecule has 0 heterocycles. The molecule has 1 fully saturated rings. The van der Waals surface area contributed by atoms with Gasteiger partial charge in [0.05, 0.1) is 6.61 Å². The minimum absolute atomic E-state index is 0.0853. The molecule has 3 heteroatoms. The van der Waals surface area contributed by atoms with Gasteiger partial charge in [-0.25, -0.2) is 0 Å². The Morgan fingerprint density at radius 1 is 1.32 bits per heavy atom. The third-order valence-electron chi connectivity index (χ3n) is 3.98. The molecule has 1 saturated carbocycles. The lowest BCUT2D eigenvalue weighted by Gasteiger charge is -2.25. The zero-order valence-electron chi connectivity index (χ0n) is 11.7. The van der Waals surface area contributed by atoms with Gasteiger partial charge in [-0.15, -0.1) is 0 Å². The van der Waals surface area contributed by atoms with Crippen molar-refractivity contribution < 1.29 is 4.74 Å². The van der Waals surface area contributed by atoms with E-state index in [1.807, 2.05) is 19.1 Å². The van der Waals surface area contributed by atoms with Crippen LogP contribution in [0.2, 0.25) is 0 Å². The molecule has 1 aliphatic carbocycles. The summed E-state index contributed by atoms with van der Waals surface area (Å²) in [5.74, 6) is 1.73. The van der Waals surface area contributed by atoms with Gasteiger partial charge in [-0.3, -0.25) is 0 Å². The fourth-order valence-electron chi connectivity index (χ4n) is 3.00. The first-order chi connectivity index (χ1) is 9.20. The first-order valence-corrected chi connectivity index (χ1v) is 8.17. The van der Waals surface area contributed by atoms with Crippen LogP contribution in [0.4, 0.5) is 0 Å². The summed E-state index contributed by atoms with van der Waals surface area (Å²) in [6.07, 6.45) is 7.89. The van der Waals surface area contributed by atoms with Crippen LogP contribution in [0.1, 0.15) is 57.1 Å². The molecule has 1 atom stereocenters. The number of halogens is 1. The van der Waals surface area contributed by atoms with E-state index >= 15 is 0 Å². The molecule has 0 aliphatic heterocycles. The molecule has 1 aromatic rings. The van der Waals surface area contributed by atoms with Crippen LogP contribution < -0.4 is 10.5 Å². The Balaban J connectivity index is 2.07. The zero-order chi connectivity index (χ0) is 13.7. The number of hydrogen-bond donors (Lipinski definition) is 1. The summed E-state index contributed by atoms with van der Waals surface area (Å²) in [5, 5.41) is 0. The SMILES string of the molecule is CCOc1ccc(Br)cc1C(N)CC1CCCCC1. The van der Waals surface area contributed by atoms with Gasteiger partial charge in [0.1, 0.15) is 5.75 Å². The molecule has 0 spiro atoms. The van der Waals surface area contributed by atoms with E-state index in [2.05, 4.69) is 22.0 Å². The average molecular weight is 326 g/mol. The molecule has 0 aromatic heterocycles. The highest BCUT2D eigenvalue weighted by Gasteiger charge is 2.20. The molecule has 0 saturated heterocycles. The van der Waals surface area contributed by atoms with Crippen molar-refractivity contribution in [3.05, 3.63) is 28.2 Å². The topological polar surface area (TPSA) is 35.2 Å². The highest BCUT2D eigenvalue weighted by atomic mass is 79.9. The summed E-state index contributed by atoms with van der Waals surface area (Å²) in [7, 11) is 0. The maximum absolute atomic E-state index is 6.42. The van der Waals surface area contributed by atoms with Crippen molar-refractivity contribution in [2.24, 2.45) is 11.7 Å². The van der Waals surface area contributed by atoms with Crippen molar-refractivity contribution in [3.63, 3.8) is 0 Å². The number of rotatable bonds is 5. The zero-order valence-corrected chi connectivity index (χ0v) is 13.3. The second-order valence-electron chi connectivity index (χ2n) is 5.46. The first-order valence-electron chi connectivity index (χ1n) is 7.38. The van der Waals surface area contributed by atoms with E-state index < -0.39 is 0 Å². The monoisotopic (exact) mass is 325 g/mol. The molecule has 0 bridgehead atoms. The Labute approximate surface area is 124 Å². The molecule has 2 N–H and O–H groups in total. The van der Waals surface area contributed by atoms with Crippen LogP contribution in [0.25, 0.3) is 0 Å². The average Bonchev–Trinajstić information content (AvgIpc) is 2.42. The largest absolute Gasteiger partial charge is 0.494 e. The number of ether oxygens (including phenoxy) is 1. The Morgan fingerprint density at radius 2 is 2.05 bits per heavy atom. The van der Waals surface area contributed by atoms with E-state index in [0.717, 1.165) is 28.1 Å². The van der Waals surface area contributed by atoms with Crippen LogP contribution in [0.5, 0.6) is 5.75 Å². The lowest BCUT2D eigenvalue weighted by Crippen LogP contribution is -2.18. The van der Waals surface area contributed by atoms with Crippen molar-refractivity contribution in [2.75, 3.05) is 6.61 Å². The summed E-state index contributed by atoms with van der Waals surface area (Å²) < 4.78 is 6.78. The van der Waals surface area contributed by atoms with Gasteiger partial charge in [0.15, 0.2) is 0 Å². The second-order valence-corrected chi connectivity index (χ2v) is 6.38. The van der Waals surface area contributed by atoms with Crippen molar-refractivity contribution in [1.82, 2.24) is 0 Å². The Kier molecular flexibility index (Phi) is 5.71. The molecule has 1 aliphatic rings. The standard InChI is InChI=1S/C16H24BrNO/c1-2-19-16-9-8-13(17)11-14(16)15(18)10-12-6-4-3-5-7-12/h8-9,11-12,15H,2-7,10,18H2,1H3. The van der Waals surface area contributed by atoms with Crippen LogP contribution in [-0.2, 0) is 0 Å². The molecule has 2 nitrogen and oxygen atoms in total. The molecule has 1 aromatic carbocycles. The third-order valence-corrected chi connectivity index (χ3v) is 4.48.